The van der Waals surface area contributed by atoms with Crippen LogP contribution in [0, 0.1) is 0 Å². The highest BCUT2D eigenvalue weighted by Gasteiger charge is 2.09. The number of rotatable bonds is 10. The Balaban J connectivity index is 2.41. The third-order valence-corrected chi connectivity index (χ3v) is 2.92. The first kappa shape index (κ1) is 17.3. The molecule has 0 unspecified atom stereocenters. The van der Waals surface area contributed by atoms with Crippen molar-refractivity contribution in [2.75, 3.05) is 26.9 Å². The molecule has 1 N–H and O–H groups in total. The molecule has 0 spiro atoms. The number of methoxy groups -OCH3 is 1. The average molecular weight is 295 g/mol. The highest BCUT2D eigenvalue weighted by atomic mass is 16.5. The van der Waals surface area contributed by atoms with E-state index < -0.39 is 0 Å². The molecule has 21 heavy (non-hydrogen) atoms. The molecule has 0 radical (unpaired) electrons. The van der Waals surface area contributed by atoms with E-state index in [1.165, 1.54) is 0 Å². The van der Waals surface area contributed by atoms with E-state index in [2.05, 4.69) is 5.32 Å². The maximum Gasteiger partial charge on any atom is 0.305 e. The summed E-state index contributed by atoms with van der Waals surface area (Å²) in [5.74, 6) is 1.37. The Morgan fingerprint density at radius 1 is 1.24 bits per heavy atom. The van der Waals surface area contributed by atoms with Gasteiger partial charge in [0.2, 0.25) is 0 Å². The molecule has 0 saturated heterocycles. The first-order chi connectivity index (χ1) is 10.2. The van der Waals surface area contributed by atoms with Crippen molar-refractivity contribution in [2.45, 2.75) is 33.2 Å². The van der Waals surface area contributed by atoms with Crippen molar-refractivity contribution in [2.24, 2.45) is 0 Å². The fourth-order valence-corrected chi connectivity index (χ4v) is 2.02. The molecule has 5 nitrogen and oxygen atoms in total. The van der Waals surface area contributed by atoms with Crippen LogP contribution < -0.4 is 14.8 Å². The monoisotopic (exact) mass is 295 g/mol. The van der Waals surface area contributed by atoms with Crippen LogP contribution in [0.1, 0.15) is 32.3 Å². The number of hydrogen-bond acceptors (Lipinski definition) is 5. The topological polar surface area (TPSA) is 56.8 Å². The highest BCUT2D eigenvalue weighted by molar-refractivity contribution is 5.69. The molecule has 0 aromatic heterocycles. The van der Waals surface area contributed by atoms with E-state index in [4.69, 9.17) is 14.2 Å². The van der Waals surface area contributed by atoms with E-state index in [1.54, 1.807) is 7.11 Å². The number of benzene rings is 1. The van der Waals surface area contributed by atoms with E-state index in [0.717, 1.165) is 30.0 Å². The summed E-state index contributed by atoms with van der Waals surface area (Å²) in [6, 6.07) is 5.84. The summed E-state index contributed by atoms with van der Waals surface area (Å²) in [7, 11) is 1.64. The summed E-state index contributed by atoms with van der Waals surface area (Å²) < 4.78 is 15.8. The van der Waals surface area contributed by atoms with Crippen LogP contribution in [-0.2, 0) is 16.1 Å². The zero-order chi connectivity index (χ0) is 15.5. The van der Waals surface area contributed by atoms with Gasteiger partial charge in [-0.15, -0.1) is 0 Å². The largest absolute Gasteiger partial charge is 0.493 e. The molecule has 0 aliphatic rings. The lowest BCUT2D eigenvalue weighted by molar-refractivity contribution is -0.143. The SMILES string of the molecule is CCOC(=O)CCCNCc1cccc(OCC)c1OC. The minimum Gasteiger partial charge on any atom is -0.493 e. The van der Waals surface area contributed by atoms with Crippen molar-refractivity contribution in [3.63, 3.8) is 0 Å². The zero-order valence-electron chi connectivity index (χ0n) is 13.1. The third kappa shape index (κ3) is 6.04. The number of esters is 1. The van der Waals surface area contributed by atoms with Gasteiger partial charge in [-0.05, 0) is 32.9 Å². The van der Waals surface area contributed by atoms with Gasteiger partial charge in [0.05, 0.1) is 20.3 Å². The molecule has 0 bridgehead atoms. The van der Waals surface area contributed by atoms with E-state index in [-0.39, 0.29) is 5.97 Å². The number of nitrogens with one attached hydrogen (secondary N) is 1. The molecular formula is C16H25NO4. The van der Waals surface area contributed by atoms with Crippen molar-refractivity contribution >= 4 is 5.97 Å². The Kier molecular flexibility index (Phi) is 8.28. The van der Waals surface area contributed by atoms with E-state index in [0.29, 0.717) is 26.2 Å². The molecule has 0 aliphatic heterocycles. The van der Waals surface area contributed by atoms with Gasteiger partial charge < -0.3 is 19.5 Å². The molecule has 0 fully saturated rings. The van der Waals surface area contributed by atoms with Gasteiger partial charge in [0.15, 0.2) is 11.5 Å². The van der Waals surface area contributed by atoms with Gasteiger partial charge in [0.1, 0.15) is 0 Å². The molecule has 1 aromatic carbocycles. The predicted molar refractivity (Wildman–Crippen MR) is 81.7 cm³/mol. The van der Waals surface area contributed by atoms with E-state index >= 15 is 0 Å². The van der Waals surface area contributed by atoms with Crippen LogP contribution in [0.2, 0.25) is 0 Å². The number of hydrogen-bond donors (Lipinski definition) is 1. The molecule has 0 aliphatic carbocycles. The molecule has 0 heterocycles. The van der Waals surface area contributed by atoms with Crippen molar-refractivity contribution in [1.29, 1.82) is 0 Å². The van der Waals surface area contributed by atoms with Crippen LogP contribution in [0.3, 0.4) is 0 Å². The van der Waals surface area contributed by atoms with Crippen molar-refractivity contribution < 1.29 is 19.0 Å². The first-order valence-corrected chi connectivity index (χ1v) is 7.37. The Morgan fingerprint density at radius 3 is 2.71 bits per heavy atom. The molecule has 0 saturated carbocycles. The molecule has 118 valence electrons. The second-order valence-corrected chi connectivity index (χ2v) is 4.47. The second kappa shape index (κ2) is 10.0. The summed E-state index contributed by atoms with van der Waals surface area (Å²) in [5, 5.41) is 3.30. The van der Waals surface area contributed by atoms with Crippen LogP contribution in [0.5, 0.6) is 11.5 Å². The standard InChI is InChI=1S/C16H25NO4/c1-4-20-14-9-6-8-13(16(14)19-3)12-17-11-7-10-15(18)21-5-2/h6,8-9,17H,4-5,7,10-12H2,1-3H3. The Hall–Kier alpha value is -1.75. The van der Waals surface area contributed by atoms with Gasteiger partial charge in [-0.2, -0.15) is 0 Å². The van der Waals surface area contributed by atoms with E-state index in [9.17, 15) is 4.79 Å². The summed E-state index contributed by atoms with van der Waals surface area (Å²) in [5.41, 5.74) is 1.04. The van der Waals surface area contributed by atoms with Crippen LogP contribution in [-0.4, -0.2) is 32.8 Å². The summed E-state index contributed by atoms with van der Waals surface area (Å²) in [4.78, 5) is 11.2. The van der Waals surface area contributed by atoms with Gasteiger partial charge in [-0.3, -0.25) is 4.79 Å². The predicted octanol–water partition coefficient (Wildman–Crippen LogP) is 2.53. The molecule has 1 rings (SSSR count). The molecule has 0 atom stereocenters. The van der Waals surface area contributed by atoms with Gasteiger partial charge in [-0.25, -0.2) is 0 Å². The lowest BCUT2D eigenvalue weighted by Gasteiger charge is -2.14. The summed E-state index contributed by atoms with van der Waals surface area (Å²) in [6.45, 7) is 6.22. The lowest BCUT2D eigenvalue weighted by Crippen LogP contribution is -2.17. The maximum atomic E-state index is 11.2. The number of ether oxygens (including phenoxy) is 3. The van der Waals surface area contributed by atoms with Gasteiger partial charge in [0, 0.05) is 18.5 Å². The number of para-hydroxylation sites is 1. The quantitative estimate of drug-likeness (QED) is 0.531. The average Bonchev–Trinajstić information content (AvgIpc) is 2.48. The maximum absolute atomic E-state index is 11.2. The molecular weight excluding hydrogens is 270 g/mol. The zero-order valence-corrected chi connectivity index (χ0v) is 13.1. The van der Waals surface area contributed by atoms with Gasteiger partial charge in [0.25, 0.3) is 0 Å². The van der Waals surface area contributed by atoms with Crippen LogP contribution >= 0.6 is 0 Å². The first-order valence-electron chi connectivity index (χ1n) is 7.37. The van der Waals surface area contributed by atoms with Crippen LogP contribution in [0.25, 0.3) is 0 Å². The second-order valence-electron chi connectivity index (χ2n) is 4.47. The van der Waals surface area contributed by atoms with Crippen molar-refractivity contribution in [3.8, 4) is 11.5 Å². The summed E-state index contributed by atoms with van der Waals surface area (Å²) >= 11 is 0. The van der Waals surface area contributed by atoms with Crippen LogP contribution in [0.4, 0.5) is 0 Å². The Bertz CT molecular complexity index is 434. The smallest absolute Gasteiger partial charge is 0.305 e. The molecule has 5 heteroatoms. The number of carbonyl (C=O) groups is 1. The highest BCUT2D eigenvalue weighted by Crippen LogP contribution is 2.30. The molecule has 1 aromatic rings. The lowest BCUT2D eigenvalue weighted by atomic mass is 10.2. The fourth-order valence-electron chi connectivity index (χ4n) is 2.02. The van der Waals surface area contributed by atoms with E-state index in [1.807, 2.05) is 32.0 Å². The normalized spacial score (nSPS) is 10.2. The minimum atomic E-state index is -0.143. The van der Waals surface area contributed by atoms with Crippen molar-refractivity contribution in [1.82, 2.24) is 5.32 Å². The number of carbonyl (C=O) groups excluding carboxylic acids is 1. The minimum absolute atomic E-state index is 0.143. The Morgan fingerprint density at radius 2 is 2.05 bits per heavy atom. The summed E-state index contributed by atoms with van der Waals surface area (Å²) in [6.07, 6.45) is 1.20. The van der Waals surface area contributed by atoms with Gasteiger partial charge in [-0.1, -0.05) is 12.1 Å². The fraction of sp³-hybridized carbons (Fsp3) is 0.562. The third-order valence-electron chi connectivity index (χ3n) is 2.92. The molecule has 0 amide bonds. The van der Waals surface area contributed by atoms with Crippen molar-refractivity contribution in [3.05, 3.63) is 23.8 Å². The van der Waals surface area contributed by atoms with Crippen LogP contribution in [0.15, 0.2) is 18.2 Å². The Labute approximate surface area is 126 Å². The van der Waals surface area contributed by atoms with Gasteiger partial charge >= 0.3 is 5.97 Å².